The molecule has 10 nitrogen and oxygen atoms in total. The molecule has 0 amide bonds. The number of likely N-dealkylation sites (N-methyl/N-ethyl adjacent to an activating group) is 1. The molecule has 0 radical (unpaired) electrons. The van der Waals surface area contributed by atoms with Crippen LogP contribution in [0, 0.1) is 11.6 Å². The van der Waals surface area contributed by atoms with Gasteiger partial charge >= 0.3 is 0 Å². The average Bonchev–Trinajstić information content (AvgIpc) is 2.99. The van der Waals surface area contributed by atoms with Crippen molar-refractivity contribution in [2.75, 3.05) is 70.8 Å². The number of aromatic nitrogens is 3. The zero-order valence-corrected chi connectivity index (χ0v) is 23.1. The number of halogens is 2. The van der Waals surface area contributed by atoms with Gasteiger partial charge in [-0.25, -0.2) is 23.7 Å². The van der Waals surface area contributed by atoms with Crippen molar-refractivity contribution in [2.24, 2.45) is 0 Å². The van der Waals surface area contributed by atoms with E-state index in [-0.39, 0.29) is 22.8 Å². The van der Waals surface area contributed by atoms with Gasteiger partial charge in [0.05, 0.1) is 44.1 Å². The Balaban J connectivity index is 1.13. The molecule has 2 saturated heterocycles. The molecule has 0 atom stereocenters. The van der Waals surface area contributed by atoms with E-state index in [0.29, 0.717) is 17.8 Å². The van der Waals surface area contributed by atoms with Crippen LogP contribution in [0.3, 0.4) is 0 Å². The summed E-state index contributed by atoms with van der Waals surface area (Å²) in [5, 5.41) is 3.07. The molecule has 0 unspecified atom stereocenters. The number of nitrogens with zero attached hydrogens (tertiary/aromatic N) is 6. The lowest BCUT2D eigenvalue weighted by Crippen LogP contribution is -2.52. The largest absolute Gasteiger partial charge is 0.494 e. The van der Waals surface area contributed by atoms with Crippen LogP contribution in [-0.4, -0.2) is 91.3 Å². The molecule has 1 aromatic carbocycles. The van der Waals surface area contributed by atoms with Crippen molar-refractivity contribution in [1.29, 1.82) is 0 Å². The molecular formula is C28H35F2N7O3. The van der Waals surface area contributed by atoms with Crippen LogP contribution in [0.4, 0.5) is 26.2 Å². The number of piperazine rings is 1. The topological polar surface area (TPSA) is 88.1 Å². The second-order valence-corrected chi connectivity index (χ2v) is 10.0. The number of methoxy groups -OCH3 is 2. The Hall–Kier alpha value is -3.77. The summed E-state index contributed by atoms with van der Waals surface area (Å²) in [4.78, 5) is 20.4. The second-order valence-electron chi connectivity index (χ2n) is 10.0. The Bertz CT molecular complexity index is 1240. The highest BCUT2D eigenvalue weighted by Gasteiger charge is 2.27. The van der Waals surface area contributed by atoms with Crippen LogP contribution < -0.4 is 24.4 Å². The molecule has 0 saturated carbocycles. The van der Waals surface area contributed by atoms with Crippen molar-refractivity contribution >= 4 is 17.5 Å². The molecule has 2 aliphatic rings. The van der Waals surface area contributed by atoms with Gasteiger partial charge in [0.2, 0.25) is 5.95 Å². The zero-order chi connectivity index (χ0) is 28.1. The minimum absolute atomic E-state index is 0.138. The summed E-state index contributed by atoms with van der Waals surface area (Å²) < 4.78 is 44.6. The Morgan fingerprint density at radius 3 is 2.10 bits per heavy atom. The van der Waals surface area contributed by atoms with Crippen molar-refractivity contribution in [2.45, 2.75) is 25.5 Å². The average molecular weight is 556 g/mol. The zero-order valence-electron chi connectivity index (χ0n) is 23.1. The summed E-state index contributed by atoms with van der Waals surface area (Å²) >= 11 is 0. The molecule has 0 spiro atoms. The van der Waals surface area contributed by atoms with E-state index < -0.39 is 18.2 Å². The molecular weight excluding hydrogens is 520 g/mol. The van der Waals surface area contributed by atoms with Crippen LogP contribution in [0.1, 0.15) is 18.4 Å². The van der Waals surface area contributed by atoms with E-state index in [4.69, 9.17) is 14.2 Å². The van der Waals surface area contributed by atoms with E-state index in [9.17, 15) is 8.78 Å². The summed E-state index contributed by atoms with van der Waals surface area (Å²) in [6.07, 6.45) is 7.03. The first kappa shape index (κ1) is 27.8. The maximum Gasteiger partial charge on any atom is 0.228 e. The third-order valence-electron chi connectivity index (χ3n) is 7.55. The predicted octanol–water partition coefficient (Wildman–Crippen LogP) is 3.71. The maximum atomic E-state index is 14.6. The van der Waals surface area contributed by atoms with Gasteiger partial charge in [-0.1, -0.05) is 0 Å². The lowest BCUT2D eigenvalue weighted by Gasteiger charge is -2.42. The lowest BCUT2D eigenvalue weighted by atomic mass is 10.0. The minimum atomic E-state index is -0.853. The third kappa shape index (κ3) is 6.34. The summed E-state index contributed by atoms with van der Waals surface area (Å²) in [7, 11) is 4.78. The highest BCUT2D eigenvalue weighted by molar-refractivity contribution is 5.54. The van der Waals surface area contributed by atoms with Crippen LogP contribution >= 0.6 is 0 Å². The Kier molecular flexibility index (Phi) is 8.75. The summed E-state index contributed by atoms with van der Waals surface area (Å²) in [5.41, 5.74) is 0.784. The SMILES string of the molecule is COc1cc(OC)c(F)c(COc2cnc(Nc3ccc(N4CCC(N5CCN(C)CC5)CC4)cn3)nc2)c1F. The minimum Gasteiger partial charge on any atom is -0.494 e. The molecule has 214 valence electrons. The van der Waals surface area contributed by atoms with Gasteiger partial charge in [0, 0.05) is 51.4 Å². The van der Waals surface area contributed by atoms with Gasteiger partial charge in [-0.05, 0) is 32.0 Å². The fourth-order valence-corrected chi connectivity index (χ4v) is 5.11. The van der Waals surface area contributed by atoms with Gasteiger partial charge in [-0.2, -0.15) is 0 Å². The van der Waals surface area contributed by atoms with E-state index in [1.807, 2.05) is 12.3 Å². The number of piperidine rings is 1. The number of anilines is 3. The summed E-state index contributed by atoms with van der Waals surface area (Å²) in [6.45, 7) is 6.27. The quantitative estimate of drug-likeness (QED) is 0.422. The van der Waals surface area contributed by atoms with E-state index in [1.54, 1.807) is 0 Å². The monoisotopic (exact) mass is 555 g/mol. The molecule has 2 fully saturated rings. The Morgan fingerprint density at radius 1 is 0.875 bits per heavy atom. The van der Waals surface area contributed by atoms with Gasteiger partial charge in [-0.15, -0.1) is 0 Å². The smallest absolute Gasteiger partial charge is 0.228 e. The molecule has 40 heavy (non-hydrogen) atoms. The Morgan fingerprint density at radius 2 is 1.52 bits per heavy atom. The number of hydrogen-bond donors (Lipinski definition) is 1. The second kappa shape index (κ2) is 12.6. The number of nitrogens with one attached hydrogen (secondary N) is 1. The van der Waals surface area contributed by atoms with Crippen molar-refractivity contribution in [3.63, 3.8) is 0 Å². The molecule has 12 heteroatoms. The van der Waals surface area contributed by atoms with Crippen molar-refractivity contribution < 1.29 is 23.0 Å². The lowest BCUT2D eigenvalue weighted by molar-refractivity contribution is 0.0982. The molecule has 3 aromatic rings. The van der Waals surface area contributed by atoms with Crippen LogP contribution in [-0.2, 0) is 6.61 Å². The first-order chi connectivity index (χ1) is 19.4. The van der Waals surface area contributed by atoms with Crippen LogP contribution in [0.2, 0.25) is 0 Å². The van der Waals surface area contributed by atoms with Gasteiger partial charge in [-0.3, -0.25) is 4.90 Å². The fourth-order valence-electron chi connectivity index (χ4n) is 5.11. The molecule has 0 aliphatic carbocycles. The number of pyridine rings is 1. The van der Waals surface area contributed by atoms with E-state index in [2.05, 4.69) is 48.1 Å². The number of ether oxygens (including phenoxy) is 3. The number of rotatable bonds is 9. The van der Waals surface area contributed by atoms with Crippen molar-refractivity contribution in [3.05, 3.63) is 54.0 Å². The normalized spacial score (nSPS) is 17.1. The molecule has 2 aromatic heterocycles. The predicted molar refractivity (Wildman–Crippen MR) is 148 cm³/mol. The van der Waals surface area contributed by atoms with Gasteiger partial charge in [0.25, 0.3) is 0 Å². The first-order valence-electron chi connectivity index (χ1n) is 13.4. The Labute approximate surface area is 232 Å². The molecule has 5 rings (SSSR count). The van der Waals surface area contributed by atoms with Gasteiger partial charge < -0.3 is 29.3 Å². The van der Waals surface area contributed by atoms with E-state index >= 15 is 0 Å². The summed E-state index contributed by atoms with van der Waals surface area (Å²) in [6, 6.07) is 5.76. The van der Waals surface area contributed by atoms with Crippen LogP contribution in [0.5, 0.6) is 17.2 Å². The number of hydrogen-bond acceptors (Lipinski definition) is 10. The number of benzene rings is 1. The molecule has 2 aliphatic heterocycles. The highest BCUT2D eigenvalue weighted by Crippen LogP contribution is 2.32. The van der Waals surface area contributed by atoms with Gasteiger partial charge in [0.15, 0.2) is 28.9 Å². The van der Waals surface area contributed by atoms with Crippen LogP contribution in [0.15, 0.2) is 36.8 Å². The molecule has 4 heterocycles. The first-order valence-corrected chi connectivity index (χ1v) is 13.4. The maximum absolute atomic E-state index is 14.6. The van der Waals surface area contributed by atoms with E-state index in [1.165, 1.54) is 26.6 Å². The fraction of sp³-hybridized carbons (Fsp3) is 0.464. The standard InChI is InChI=1S/C28H35F2N7O3/c1-35-10-12-37(13-11-35)19-6-8-36(9-7-19)20-4-5-25(31-15-20)34-28-32-16-21(17-33-28)40-18-22-26(29)23(38-2)14-24(39-3)27(22)30/h4-5,14-17,19H,6-13,18H2,1-3H3,(H,31,32,33,34). The van der Waals surface area contributed by atoms with Crippen LogP contribution in [0.25, 0.3) is 0 Å². The van der Waals surface area contributed by atoms with Crippen molar-refractivity contribution in [3.8, 4) is 17.2 Å². The third-order valence-corrected chi connectivity index (χ3v) is 7.55. The highest BCUT2D eigenvalue weighted by atomic mass is 19.1. The molecule has 0 bridgehead atoms. The summed E-state index contributed by atoms with van der Waals surface area (Å²) in [5.74, 6) is -0.807. The van der Waals surface area contributed by atoms with E-state index in [0.717, 1.165) is 63.9 Å². The molecule has 1 N–H and O–H groups in total. The van der Waals surface area contributed by atoms with Gasteiger partial charge in [0.1, 0.15) is 12.4 Å². The van der Waals surface area contributed by atoms with Crippen molar-refractivity contribution in [1.82, 2.24) is 24.8 Å².